The quantitative estimate of drug-likeness (QED) is 0.850. The van der Waals surface area contributed by atoms with Gasteiger partial charge in [0.05, 0.1) is 6.04 Å². The van der Waals surface area contributed by atoms with E-state index in [1.807, 2.05) is 6.07 Å². The normalized spacial score (nSPS) is 23.7. The number of benzene rings is 1. The van der Waals surface area contributed by atoms with Crippen LogP contribution in [0.4, 0.5) is 0 Å². The van der Waals surface area contributed by atoms with Gasteiger partial charge in [0.2, 0.25) is 5.91 Å². The minimum absolute atomic E-state index is 0.125. The van der Waals surface area contributed by atoms with Crippen LogP contribution < -0.4 is 0 Å². The van der Waals surface area contributed by atoms with Crippen LogP contribution in [0.2, 0.25) is 0 Å². The summed E-state index contributed by atoms with van der Waals surface area (Å²) >= 11 is 0. The Balaban J connectivity index is 1.43. The number of rotatable bonds is 4. The number of nitrogens with zero attached hydrogens (tertiary/aromatic N) is 3. The summed E-state index contributed by atoms with van der Waals surface area (Å²) in [7, 11) is 2.07. The SMILES string of the molecule is CN1CCCC1C(=O)N1CCN(C/C=C/c2ccccc2)CC1. The molecule has 4 nitrogen and oxygen atoms in total. The van der Waals surface area contributed by atoms with Gasteiger partial charge >= 0.3 is 0 Å². The average molecular weight is 313 g/mol. The summed E-state index contributed by atoms with van der Waals surface area (Å²) in [6, 6.07) is 10.5. The zero-order valence-electron chi connectivity index (χ0n) is 14.0. The topological polar surface area (TPSA) is 26.8 Å². The van der Waals surface area contributed by atoms with E-state index in [0.29, 0.717) is 5.91 Å². The fourth-order valence-corrected chi connectivity index (χ4v) is 3.49. The number of amides is 1. The summed E-state index contributed by atoms with van der Waals surface area (Å²) in [5.74, 6) is 0.337. The number of likely N-dealkylation sites (N-methyl/N-ethyl adjacent to an activating group) is 1. The van der Waals surface area contributed by atoms with Crippen LogP contribution in [0.15, 0.2) is 36.4 Å². The maximum absolute atomic E-state index is 12.6. The van der Waals surface area contributed by atoms with Gasteiger partial charge in [-0.2, -0.15) is 0 Å². The van der Waals surface area contributed by atoms with E-state index in [0.717, 1.165) is 52.1 Å². The van der Waals surface area contributed by atoms with Crippen LogP contribution in [0.3, 0.4) is 0 Å². The number of piperazine rings is 1. The molecule has 0 N–H and O–H groups in total. The molecule has 2 saturated heterocycles. The lowest BCUT2D eigenvalue weighted by atomic mass is 10.1. The summed E-state index contributed by atoms with van der Waals surface area (Å²) in [6.07, 6.45) is 6.56. The van der Waals surface area contributed by atoms with Crippen LogP contribution in [-0.4, -0.2) is 73.0 Å². The van der Waals surface area contributed by atoms with Crippen molar-refractivity contribution in [2.45, 2.75) is 18.9 Å². The summed E-state index contributed by atoms with van der Waals surface area (Å²) in [5, 5.41) is 0. The monoisotopic (exact) mass is 313 g/mol. The van der Waals surface area contributed by atoms with Gasteiger partial charge in [-0.15, -0.1) is 0 Å². The van der Waals surface area contributed by atoms with Crippen LogP contribution in [0.1, 0.15) is 18.4 Å². The molecule has 2 aliphatic heterocycles. The smallest absolute Gasteiger partial charge is 0.240 e. The second-order valence-electron chi connectivity index (χ2n) is 6.58. The largest absolute Gasteiger partial charge is 0.339 e. The molecule has 2 fully saturated rings. The standard InChI is InChI=1S/C19H27N3O/c1-20-11-6-10-18(20)19(23)22-15-13-21(14-16-22)12-5-9-17-7-3-2-4-8-17/h2-5,7-9,18H,6,10-16H2,1H3/b9-5+. The Labute approximate surface area is 139 Å². The van der Waals surface area contributed by atoms with Gasteiger partial charge in [0.1, 0.15) is 0 Å². The Morgan fingerprint density at radius 2 is 1.87 bits per heavy atom. The fraction of sp³-hybridized carbons (Fsp3) is 0.526. The summed E-state index contributed by atoms with van der Waals surface area (Å²) in [5.41, 5.74) is 1.24. The molecule has 0 spiro atoms. The average Bonchev–Trinajstić information content (AvgIpc) is 3.02. The van der Waals surface area contributed by atoms with Crippen molar-refractivity contribution in [3.8, 4) is 0 Å². The van der Waals surface area contributed by atoms with Gasteiger partial charge in [0.25, 0.3) is 0 Å². The molecule has 1 aromatic carbocycles. The van der Waals surface area contributed by atoms with E-state index < -0.39 is 0 Å². The highest BCUT2D eigenvalue weighted by Gasteiger charge is 2.32. The number of likely N-dealkylation sites (tertiary alicyclic amines) is 1. The lowest BCUT2D eigenvalue weighted by Crippen LogP contribution is -2.53. The van der Waals surface area contributed by atoms with Gasteiger partial charge in [0.15, 0.2) is 0 Å². The summed E-state index contributed by atoms with van der Waals surface area (Å²) in [6.45, 7) is 5.69. The van der Waals surface area contributed by atoms with Gasteiger partial charge in [0, 0.05) is 32.7 Å². The van der Waals surface area contributed by atoms with Gasteiger partial charge in [-0.05, 0) is 32.0 Å². The predicted molar refractivity (Wildman–Crippen MR) is 94.1 cm³/mol. The molecule has 1 aromatic rings. The third kappa shape index (κ3) is 4.21. The van der Waals surface area contributed by atoms with Gasteiger partial charge < -0.3 is 4.90 Å². The molecule has 3 rings (SSSR count). The van der Waals surface area contributed by atoms with Crippen molar-refractivity contribution in [2.75, 3.05) is 46.3 Å². The third-order valence-electron chi connectivity index (χ3n) is 4.96. The van der Waals surface area contributed by atoms with E-state index in [2.05, 4.69) is 58.2 Å². The minimum Gasteiger partial charge on any atom is -0.339 e. The van der Waals surface area contributed by atoms with E-state index in [1.165, 1.54) is 5.56 Å². The van der Waals surface area contributed by atoms with E-state index in [4.69, 9.17) is 0 Å². The highest BCUT2D eigenvalue weighted by atomic mass is 16.2. The molecule has 1 amide bonds. The second kappa shape index (κ2) is 7.75. The molecule has 1 unspecified atom stereocenters. The Bertz CT molecular complexity index is 535. The third-order valence-corrected chi connectivity index (χ3v) is 4.96. The van der Waals surface area contributed by atoms with E-state index in [9.17, 15) is 4.79 Å². The zero-order chi connectivity index (χ0) is 16.1. The maximum atomic E-state index is 12.6. The first kappa shape index (κ1) is 16.2. The van der Waals surface area contributed by atoms with Crippen molar-refractivity contribution in [2.24, 2.45) is 0 Å². The van der Waals surface area contributed by atoms with Crippen molar-refractivity contribution in [1.29, 1.82) is 0 Å². The maximum Gasteiger partial charge on any atom is 0.240 e. The molecule has 23 heavy (non-hydrogen) atoms. The molecule has 0 aliphatic carbocycles. The zero-order valence-corrected chi connectivity index (χ0v) is 14.0. The summed E-state index contributed by atoms with van der Waals surface area (Å²) < 4.78 is 0. The molecule has 0 saturated carbocycles. The van der Waals surface area contributed by atoms with Crippen molar-refractivity contribution < 1.29 is 4.79 Å². The molecule has 0 aromatic heterocycles. The second-order valence-corrected chi connectivity index (χ2v) is 6.58. The molecular formula is C19H27N3O. The van der Waals surface area contributed by atoms with Crippen LogP contribution in [0.25, 0.3) is 6.08 Å². The van der Waals surface area contributed by atoms with E-state index >= 15 is 0 Å². The first-order valence-electron chi connectivity index (χ1n) is 8.67. The van der Waals surface area contributed by atoms with Crippen LogP contribution in [-0.2, 0) is 4.79 Å². The number of hydrogen-bond donors (Lipinski definition) is 0. The molecular weight excluding hydrogens is 286 g/mol. The highest BCUT2D eigenvalue weighted by Crippen LogP contribution is 2.18. The van der Waals surface area contributed by atoms with Crippen LogP contribution in [0.5, 0.6) is 0 Å². The molecule has 2 aliphatic rings. The van der Waals surface area contributed by atoms with Crippen molar-refractivity contribution in [3.63, 3.8) is 0 Å². The Kier molecular flexibility index (Phi) is 5.47. The molecule has 124 valence electrons. The fourth-order valence-electron chi connectivity index (χ4n) is 3.49. The number of carbonyl (C=O) groups excluding carboxylic acids is 1. The lowest BCUT2D eigenvalue weighted by molar-refractivity contribution is -0.137. The Morgan fingerprint density at radius 3 is 2.52 bits per heavy atom. The number of hydrogen-bond acceptors (Lipinski definition) is 3. The van der Waals surface area contributed by atoms with Crippen molar-refractivity contribution >= 4 is 12.0 Å². The first-order valence-corrected chi connectivity index (χ1v) is 8.67. The molecule has 1 atom stereocenters. The minimum atomic E-state index is 0.125. The van der Waals surface area contributed by atoms with Crippen molar-refractivity contribution in [1.82, 2.24) is 14.7 Å². The summed E-state index contributed by atoms with van der Waals surface area (Å²) in [4.78, 5) is 19.3. The van der Waals surface area contributed by atoms with Gasteiger partial charge in [-0.1, -0.05) is 42.5 Å². The van der Waals surface area contributed by atoms with Crippen LogP contribution >= 0.6 is 0 Å². The Hall–Kier alpha value is -1.65. The van der Waals surface area contributed by atoms with Crippen LogP contribution in [0, 0.1) is 0 Å². The Morgan fingerprint density at radius 1 is 1.13 bits per heavy atom. The lowest BCUT2D eigenvalue weighted by Gasteiger charge is -2.36. The highest BCUT2D eigenvalue weighted by molar-refractivity contribution is 5.82. The first-order chi connectivity index (χ1) is 11.2. The van der Waals surface area contributed by atoms with Gasteiger partial charge in [-0.3, -0.25) is 14.6 Å². The number of carbonyl (C=O) groups is 1. The van der Waals surface area contributed by atoms with Gasteiger partial charge in [-0.25, -0.2) is 0 Å². The molecule has 0 radical (unpaired) electrons. The van der Waals surface area contributed by atoms with E-state index in [1.54, 1.807) is 0 Å². The molecule has 0 bridgehead atoms. The predicted octanol–water partition coefficient (Wildman–Crippen LogP) is 1.94. The molecule has 4 heteroatoms. The van der Waals surface area contributed by atoms with E-state index in [-0.39, 0.29) is 6.04 Å². The molecule has 2 heterocycles. The van der Waals surface area contributed by atoms with Crippen molar-refractivity contribution in [3.05, 3.63) is 42.0 Å².